The van der Waals surface area contributed by atoms with Crippen LogP contribution >= 0.6 is 0 Å². The maximum absolute atomic E-state index is 11.8. The Kier molecular flexibility index (Phi) is 5.65. The van der Waals surface area contributed by atoms with E-state index in [0.29, 0.717) is 19.6 Å². The molecule has 22 heavy (non-hydrogen) atoms. The molecule has 1 amide bonds. The molecule has 122 valence electrons. The Morgan fingerprint density at radius 1 is 1.36 bits per heavy atom. The van der Waals surface area contributed by atoms with E-state index in [-0.39, 0.29) is 29.9 Å². The van der Waals surface area contributed by atoms with Crippen LogP contribution in [0.4, 0.5) is 5.69 Å². The van der Waals surface area contributed by atoms with Gasteiger partial charge in [-0.2, -0.15) is 0 Å². The summed E-state index contributed by atoms with van der Waals surface area (Å²) in [5, 5.41) is 5.94. The van der Waals surface area contributed by atoms with Crippen molar-refractivity contribution in [2.45, 2.75) is 25.8 Å². The molecular formula is C15H22N2O4S. The van der Waals surface area contributed by atoms with Gasteiger partial charge in [0.05, 0.1) is 23.8 Å². The third-order valence-corrected chi connectivity index (χ3v) is 5.22. The number of ether oxygens (including phenoxy) is 1. The molecule has 1 fully saturated rings. The highest BCUT2D eigenvalue weighted by atomic mass is 32.2. The number of amides is 1. The second kappa shape index (κ2) is 7.49. The SMILES string of the molecule is CCOc1ccccc1NCCC(=O)NC1CCS(=O)(=O)C1. The normalized spacial score (nSPS) is 19.6. The van der Waals surface area contributed by atoms with Crippen molar-refractivity contribution in [2.75, 3.05) is 30.0 Å². The van der Waals surface area contributed by atoms with E-state index in [4.69, 9.17) is 4.74 Å². The van der Waals surface area contributed by atoms with Gasteiger partial charge in [0, 0.05) is 19.0 Å². The van der Waals surface area contributed by atoms with Gasteiger partial charge >= 0.3 is 0 Å². The average molecular weight is 326 g/mol. The molecule has 2 rings (SSSR count). The first kappa shape index (κ1) is 16.6. The number of hydrogen-bond donors (Lipinski definition) is 2. The van der Waals surface area contributed by atoms with Crippen molar-refractivity contribution in [3.8, 4) is 5.75 Å². The quantitative estimate of drug-likeness (QED) is 0.786. The molecule has 0 aromatic heterocycles. The number of anilines is 1. The fourth-order valence-electron chi connectivity index (χ4n) is 2.41. The lowest BCUT2D eigenvalue weighted by Crippen LogP contribution is -2.36. The van der Waals surface area contributed by atoms with Crippen LogP contribution in [0.3, 0.4) is 0 Å². The van der Waals surface area contributed by atoms with Crippen molar-refractivity contribution in [3.63, 3.8) is 0 Å². The molecule has 1 heterocycles. The van der Waals surface area contributed by atoms with Crippen LogP contribution in [0.25, 0.3) is 0 Å². The average Bonchev–Trinajstić information content (AvgIpc) is 2.80. The first-order valence-corrected chi connectivity index (χ1v) is 9.28. The number of benzene rings is 1. The molecule has 6 nitrogen and oxygen atoms in total. The van der Waals surface area contributed by atoms with Crippen LogP contribution in [0.5, 0.6) is 5.75 Å². The van der Waals surface area contributed by atoms with Gasteiger partial charge in [-0.15, -0.1) is 0 Å². The summed E-state index contributed by atoms with van der Waals surface area (Å²) in [6.07, 6.45) is 0.797. The minimum atomic E-state index is -2.96. The molecule has 1 aromatic carbocycles. The van der Waals surface area contributed by atoms with E-state index in [1.54, 1.807) is 0 Å². The second-order valence-corrected chi connectivity index (χ2v) is 7.50. The molecule has 1 aliphatic rings. The van der Waals surface area contributed by atoms with Gasteiger partial charge in [-0.3, -0.25) is 4.79 Å². The molecule has 7 heteroatoms. The van der Waals surface area contributed by atoms with Gasteiger partial charge in [0.1, 0.15) is 5.75 Å². The summed E-state index contributed by atoms with van der Waals surface area (Å²) < 4.78 is 28.2. The highest BCUT2D eigenvalue weighted by Gasteiger charge is 2.28. The lowest BCUT2D eigenvalue weighted by atomic mass is 10.2. The van der Waals surface area contributed by atoms with Crippen molar-refractivity contribution < 1.29 is 17.9 Å². The van der Waals surface area contributed by atoms with Crippen molar-refractivity contribution in [2.24, 2.45) is 0 Å². The molecule has 0 saturated carbocycles. The van der Waals surface area contributed by atoms with Crippen LogP contribution in [-0.2, 0) is 14.6 Å². The smallest absolute Gasteiger partial charge is 0.222 e. The molecule has 2 N–H and O–H groups in total. The van der Waals surface area contributed by atoms with Crippen LogP contribution in [0.1, 0.15) is 19.8 Å². The summed E-state index contributed by atoms with van der Waals surface area (Å²) >= 11 is 0. The molecule has 1 aliphatic heterocycles. The van der Waals surface area contributed by atoms with Crippen LogP contribution in [0.15, 0.2) is 24.3 Å². The lowest BCUT2D eigenvalue weighted by Gasteiger charge is -2.13. The Balaban J connectivity index is 1.76. The van der Waals surface area contributed by atoms with E-state index in [9.17, 15) is 13.2 Å². The van der Waals surface area contributed by atoms with Gasteiger partial charge in [-0.05, 0) is 25.5 Å². The first-order valence-electron chi connectivity index (χ1n) is 7.45. The predicted molar refractivity (Wildman–Crippen MR) is 85.9 cm³/mol. The monoisotopic (exact) mass is 326 g/mol. The minimum Gasteiger partial charge on any atom is -0.492 e. The highest BCUT2D eigenvalue weighted by Crippen LogP contribution is 2.23. The topological polar surface area (TPSA) is 84.5 Å². The molecule has 1 saturated heterocycles. The number of rotatable bonds is 7. The summed E-state index contributed by atoms with van der Waals surface area (Å²) in [6.45, 7) is 2.96. The van der Waals surface area contributed by atoms with Gasteiger partial charge in [0.2, 0.25) is 5.91 Å². The van der Waals surface area contributed by atoms with E-state index >= 15 is 0 Å². The summed E-state index contributed by atoms with van der Waals surface area (Å²) in [5.41, 5.74) is 0.848. The molecule has 0 bridgehead atoms. The van der Waals surface area contributed by atoms with Gasteiger partial charge < -0.3 is 15.4 Å². The van der Waals surface area contributed by atoms with Crippen molar-refractivity contribution >= 4 is 21.4 Å². The molecule has 0 spiro atoms. The zero-order chi connectivity index (χ0) is 16.0. The highest BCUT2D eigenvalue weighted by molar-refractivity contribution is 7.91. The van der Waals surface area contributed by atoms with Gasteiger partial charge in [0.25, 0.3) is 0 Å². The van der Waals surface area contributed by atoms with E-state index in [1.807, 2.05) is 31.2 Å². The van der Waals surface area contributed by atoms with Gasteiger partial charge in [-0.25, -0.2) is 8.42 Å². The Labute approximate surface area is 131 Å². The molecule has 0 aliphatic carbocycles. The number of carbonyl (C=O) groups is 1. The Hall–Kier alpha value is -1.76. The number of nitrogens with one attached hydrogen (secondary N) is 2. The van der Waals surface area contributed by atoms with Crippen LogP contribution < -0.4 is 15.4 Å². The third kappa shape index (κ3) is 4.91. The lowest BCUT2D eigenvalue weighted by molar-refractivity contribution is -0.121. The first-order chi connectivity index (χ1) is 10.5. The van der Waals surface area contributed by atoms with E-state index in [2.05, 4.69) is 10.6 Å². The summed E-state index contributed by atoms with van der Waals surface area (Å²) in [5.74, 6) is 0.841. The van der Waals surface area contributed by atoms with E-state index < -0.39 is 9.84 Å². The third-order valence-electron chi connectivity index (χ3n) is 3.45. The summed E-state index contributed by atoms with van der Waals surface area (Å²) in [6, 6.07) is 7.31. The maximum atomic E-state index is 11.8. The Morgan fingerprint density at radius 3 is 2.82 bits per heavy atom. The summed E-state index contributed by atoms with van der Waals surface area (Å²) in [7, 11) is -2.96. The van der Waals surface area contributed by atoms with E-state index in [1.165, 1.54) is 0 Å². The second-order valence-electron chi connectivity index (χ2n) is 5.27. The maximum Gasteiger partial charge on any atom is 0.222 e. The molecule has 0 radical (unpaired) electrons. The molecule has 1 unspecified atom stereocenters. The molecule has 1 aromatic rings. The largest absolute Gasteiger partial charge is 0.492 e. The predicted octanol–water partition coefficient (Wildman–Crippen LogP) is 1.19. The number of hydrogen-bond acceptors (Lipinski definition) is 5. The number of para-hydroxylation sites is 2. The number of carbonyl (C=O) groups excluding carboxylic acids is 1. The Morgan fingerprint density at radius 2 is 2.14 bits per heavy atom. The van der Waals surface area contributed by atoms with Crippen molar-refractivity contribution in [3.05, 3.63) is 24.3 Å². The molecular weight excluding hydrogens is 304 g/mol. The van der Waals surface area contributed by atoms with Crippen molar-refractivity contribution in [1.82, 2.24) is 5.32 Å². The fraction of sp³-hybridized carbons (Fsp3) is 0.533. The van der Waals surface area contributed by atoms with Crippen LogP contribution in [0, 0.1) is 0 Å². The van der Waals surface area contributed by atoms with Crippen molar-refractivity contribution in [1.29, 1.82) is 0 Å². The van der Waals surface area contributed by atoms with Gasteiger partial charge in [0.15, 0.2) is 9.84 Å². The number of sulfone groups is 1. The molecule has 1 atom stereocenters. The zero-order valence-electron chi connectivity index (χ0n) is 12.7. The van der Waals surface area contributed by atoms with Gasteiger partial charge in [-0.1, -0.05) is 12.1 Å². The zero-order valence-corrected chi connectivity index (χ0v) is 13.5. The Bertz CT molecular complexity index is 616. The van der Waals surface area contributed by atoms with Crippen LogP contribution in [0.2, 0.25) is 0 Å². The van der Waals surface area contributed by atoms with E-state index in [0.717, 1.165) is 11.4 Å². The fourth-order valence-corrected chi connectivity index (χ4v) is 4.09. The minimum absolute atomic E-state index is 0.0549. The summed E-state index contributed by atoms with van der Waals surface area (Å²) in [4.78, 5) is 11.8. The van der Waals surface area contributed by atoms with Crippen LogP contribution in [-0.4, -0.2) is 45.0 Å². The standard InChI is InChI=1S/C15H22N2O4S/c1-2-21-14-6-4-3-5-13(14)16-9-7-15(18)17-12-8-10-22(19,20)11-12/h3-6,12,16H,2,7-11H2,1H3,(H,17,18).